The highest BCUT2D eigenvalue weighted by Gasteiger charge is 2.14. The van der Waals surface area contributed by atoms with Gasteiger partial charge in [-0.2, -0.15) is 0 Å². The molecule has 0 amide bonds. The molecule has 0 aliphatic heterocycles. The third-order valence-corrected chi connectivity index (χ3v) is 3.16. The van der Waals surface area contributed by atoms with E-state index in [1.54, 1.807) is 18.5 Å². The zero-order valence-electron chi connectivity index (χ0n) is 11.0. The van der Waals surface area contributed by atoms with Gasteiger partial charge in [0, 0.05) is 28.1 Å². The van der Waals surface area contributed by atoms with E-state index in [2.05, 4.69) is 30.9 Å². The molecule has 6 heteroatoms. The predicted octanol–water partition coefficient (Wildman–Crippen LogP) is 2.97. The van der Waals surface area contributed by atoms with E-state index in [1.165, 1.54) is 0 Å². The molecule has 0 aromatic carbocycles. The highest BCUT2D eigenvalue weighted by molar-refractivity contribution is 9.10. The summed E-state index contributed by atoms with van der Waals surface area (Å²) in [6.45, 7) is 5.73. The Balaban J connectivity index is 2.25. The highest BCUT2D eigenvalue weighted by Crippen LogP contribution is 2.28. The fraction of sp³-hybridized carbons (Fsp3) is 0.308. The van der Waals surface area contributed by atoms with E-state index in [1.807, 2.05) is 20.8 Å². The Labute approximate surface area is 120 Å². The van der Waals surface area contributed by atoms with E-state index < -0.39 is 0 Å². The van der Waals surface area contributed by atoms with E-state index >= 15 is 0 Å². The molecule has 19 heavy (non-hydrogen) atoms. The number of pyridine rings is 1. The van der Waals surface area contributed by atoms with Gasteiger partial charge in [-0.3, -0.25) is 0 Å². The average Bonchev–Trinajstić information content (AvgIpc) is 2.33. The molecule has 5 nitrogen and oxygen atoms in total. The number of halogens is 1. The smallest absolute Gasteiger partial charge is 0.166 e. The molecule has 100 valence electrons. The van der Waals surface area contributed by atoms with Crippen molar-refractivity contribution in [3.8, 4) is 5.75 Å². The second-order valence-electron chi connectivity index (χ2n) is 4.25. The lowest BCUT2D eigenvalue weighted by atomic mass is 10.1. The molecule has 0 aliphatic rings. The minimum absolute atomic E-state index is 0.195. The summed E-state index contributed by atoms with van der Waals surface area (Å²) in [5.74, 6) is 1.65. The van der Waals surface area contributed by atoms with Crippen LogP contribution in [-0.4, -0.2) is 15.0 Å². The molecule has 0 bridgehead atoms. The van der Waals surface area contributed by atoms with Crippen LogP contribution in [0.25, 0.3) is 0 Å². The summed E-state index contributed by atoms with van der Waals surface area (Å²) in [6, 6.07) is 1.79. The molecule has 0 aliphatic carbocycles. The number of anilines is 1. The normalized spacial score (nSPS) is 12.2. The van der Waals surface area contributed by atoms with Gasteiger partial charge in [0.2, 0.25) is 0 Å². The number of nitrogens with zero attached hydrogens (tertiary/aromatic N) is 3. The zero-order chi connectivity index (χ0) is 14.0. The Hall–Kier alpha value is -1.69. The first-order valence-electron chi connectivity index (χ1n) is 5.85. The molecule has 2 N–H and O–H groups in total. The van der Waals surface area contributed by atoms with Crippen LogP contribution < -0.4 is 10.5 Å². The largest absolute Gasteiger partial charge is 0.482 e. The molecule has 1 atom stereocenters. The van der Waals surface area contributed by atoms with Crippen molar-refractivity contribution in [2.24, 2.45) is 0 Å². The standard InChI is InChI=1S/C13H15BrN4O/c1-7-11(6-16-9(3)18-7)8(2)19-12-4-10(14)5-17-13(12)15/h4-6,8H,1-3H3,(H2,15,17). The van der Waals surface area contributed by atoms with Gasteiger partial charge in [-0.15, -0.1) is 0 Å². The minimum atomic E-state index is -0.195. The van der Waals surface area contributed by atoms with Gasteiger partial charge >= 0.3 is 0 Å². The van der Waals surface area contributed by atoms with Gasteiger partial charge in [0.15, 0.2) is 11.6 Å². The zero-order valence-corrected chi connectivity index (χ0v) is 12.6. The summed E-state index contributed by atoms with van der Waals surface area (Å²) >= 11 is 3.34. The Bertz CT molecular complexity index is 603. The van der Waals surface area contributed by atoms with Crippen LogP contribution in [0.3, 0.4) is 0 Å². The Kier molecular flexibility index (Phi) is 3.99. The number of nitrogens with two attached hydrogens (primary N) is 1. The van der Waals surface area contributed by atoms with Gasteiger partial charge in [0.1, 0.15) is 11.9 Å². The Morgan fingerprint density at radius 1 is 1.26 bits per heavy atom. The van der Waals surface area contributed by atoms with Crippen molar-refractivity contribution in [3.05, 3.63) is 40.0 Å². The van der Waals surface area contributed by atoms with Crippen molar-refractivity contribution in [2.45, 2.75) is 26.9 Å². The third kappa shape index (κ3) is 3.20. The Morgan fingerprint density at radius 2 is 2.00 bits per heavy atom. The number of rotatable bonds is 3. The maximum Gasteiger partial charge on any atom is 0.166 e. The van der Waals surface area contributed by atoms with Crippen LogP contribution in [0.15, 0.2) is 22.9 Å². The van der Waals surface area contributed by atoms with Gasteiger partial charge in [0.25, 0.3) is 0 Å². The van der Waals surface area contributed by atoms with Crippen LogP contribution in [0, 0.1) is 13.8 Å². The fourth-order valence-electron chi connectivity index (χ4n) is 1.77. The quantitative estimate of drug-likeness (QED) is 0.940. The van der Waals surface area contributed by atoms with Crippen LogP contribution >= 0.6 is 15.9 Å². The maximum atomic E-state index is 5.84. The molecule has 0 saturated carbocycles. The number of nitrogen functional groups attached to an aromatic ring is 1. The highest BCUT2D eigenvalue weighted by atomic mass is 79.9. The van der Waals surface area contributed by atoms with Crippen LogP contribution in [0.4, 0.5) is 5.82 Å². The van der Waals surface area contributed by atoms with Crippen molar-refractivity contribution in [2.75, 3.05) is 5.73 Å². The van der Waals surface area contributed by atoms with Gasteiger partial charge < -0.3 is 10.5 Å². The summed E-state index contributed by atoms with van der Waals surface area (Å²) < 4.78 is 6.66. The van der Waals surface area contributed by atoms with Crippen LogP contribution in [0.2, 0.25) is 0 Å². The van der Waals surface area contributed by atoms with Crippen molar-refractivity contribution in [1.82, 2.24) is 15.0 Å². The molecule has 0 fully saturated rings. The molecule has 2 aromatic heterocycles. The molecule has 0 spiro atoms. The van der Waals surface area contributed by atoms with E-state index in [-0.39, 0.29) is 6.10 Å². The summed E-state index contributed by atoms with van der Waals surface area (Å²) in [4.78, 5) is 12.6. The van der Waals surface area contributed by atoms with Gasteiger partial charge in [-0.05, 0) is 42.8 Å². The molecule has 2 aromatic rings. The average molecular weight is 323 g/mol. The lowest BCUT2D eigenvalue weighted by Gasteiger charge is -2.17. The van der Waals surface area contributed by atoms with Crippen molar-refractivity contribution in [3.63, 3.8) is 0 Å². The molecule has 2 rings (SSSR count). The SMILES string of the molecule is Cc1ncc(C(C)Oc2cc(Br)cnc2N)c(C)n1. The molecule has 2 heterocycles. The monoisotopic (exact) mass is 322 g/mol. The number of hydrogen-bond donors (Lipinski definition) is 1. The molecule has 0 radical (unpaired) electrons. The number of aryl methyl sites for hydroxylation is 2. The predicted molar refractivity (Wildman–Crippen MR) is 76.9 cm³/mol. The number of hydrogen-bond acceptors (Lipinski definition) is 5. The fourth-order valence-corrected chi connectivity index (χ4v) is 2.08. The summed E-state index contributed by atoms with van der Waals surface area (Å²) in [7, 11) is 0. The molecule has 0 saturated heterocycles. The second-order valence-corrected chi connectivity index (χ2v) is 5.17. The Morgan fingerprint density at radius 3 is 2.68 bits per heavy atom. The van der Waals surface area contributed by atoms with Gasteiger partial charge in [-0.1, -0.05) is 0 Å². The van der Waals surface area contributed by atoms with Crippen LogP contribution in [-0.2, 0) is 0 Å². The van der Waals surface area contributed by atoms with E-state index in [0.29, 0.717) is 11.6 Å². The van der Waals surface area contributed by atoms with Gasteiger partial charge in [0.05, 0.1) is 0 Å². The molecular formula is C13H15BrN4O. The third-order valence-electron chi connectivity index (χ3n) is 2.73. The van der Waals surface area contributed by atoms with E-state index in [9.17, 15) is 0 Å². The number of aromatic nitrogens is 3. The van der Waals surface area contributed by atoms with E-state index in [0.717, 1.165) is 21.6 Å². The van der Waals surface area contributed by atoms with Gasteiger partial charge in [-0.25, -0.2) is 15.0 Å². The van der Waals surface area contributed by atoms with Crippen LogP contribution in [0.1, 0.15) is 30.1 Å². The second kappa shape index (κ2) is 5.52. The molecular weight excluding hydrogens is 308 g/mol. The van der Waals surface area contributed by atoms with Crippen molar-refractivity contribution < 1.29 is 4.74 Å². The minimum Gasteiger partial charge on any atom is -0.482 e. The van der Waals surface area contributed by atoms with Crippen molar-refractivity contribution >= 4 is 21.7 Å². The van der Waals surface area contributed by atoms with Crippen LogP contribution in [0.5, 0.6) is 5.75 Å². The lowest BCUT2D eigenvalue weighted by molar-refractivity contribution is 0.225. The van der Waals surface area contributed by atoms with Crippen molar-refractivity contribution in [1.29, 1.82) is 0 Å². The first-order chi connectivity index (χ1) is 8.97. The lowest BCUT2D eigenvalue weighted by Crippen LogP contribution is -2.09. The first-order valence-corrected chi connectivity index (χ1v) is 6.64. The first kappa shape index (κ1) is 13.7. The summed E-state index contributed by atoms with van der Waals surface area (Å²) in [5.41, 5.74) is 7.63. The number of ether oxygens (including phenoxy) is 1. The maximum absolute atomic E-state index is 5.84. The topological polar surface area (TPSA) is 73.9 Å². The van der Waals surface area contributed by atoms with E-state index in [4.69, 9.17) is 10.5 Å². The summed E-state index contributed by atoms with van der Waals surface area (Å²) in [6.07, 6.45) is 3.22. The molecule has 1 unspecified atom stereocenters. The summed E-state index contributed by atoms with van der Waals surface area (Å²) in [5, 5.41) is 0.